The molecule has 0 saturated carbocycles. The van der Waals surface area contributed by atoms with Crippen molar-refractivity contribution in [1.82, 2.24) is 0 Å². The van der Waals surface area contributed by atoms with Crippen LogP contribution in [0.2, 0.25) is 0 Å². The minimum Gasteiger partial charge on any atom is -0.547 e. The van der Waals surface area contributed by atoms with E-state index in [1.165, 1.54) is 0 Å². The van der Waals surface area contributed by atoms with Crippen LogP contribution in [0.3, 0.4) is 0 Å². The summed E-state index contributed by atoms with van der Waals surface area (Å²) in [5.74, 6) is -4.01. The zero-order chi connectivity index (χ0) is 22.8. The van der Waals surface area contributed by atoms with Crippen molar-refractivity contribution < 1.29 is 135 Å². The van der Waals surface area contributed by atoms with Gasteiger partial charge in [-0.25, -0.2) is 0 Å². The molecule has 0 aromatic rings. The van der Waals surface area contributed by atoms with Crippen LogP contribution in [0.25, 0.3) is 0 Å². The summed E-state index contributed by atoms with van der Waals surface area (Å²) in [5, 5.41) is 117. The SMILES string of the molecule is O=C([O-])[C@H](O)[C@@H](O)[C@H](O)[C@H](O)CO.O=C([O-])[C@H](O)[C@H](O)[C@H](O)[C@@H](O)[C@H](O)CO.[Na+].[Na+]. The number of carboxylic acid groups (broad SMARTS) is 2. The third kappa shape index (κ3) is 13.1. The molecule has 168 valence electrons. The van der Waals surface area contributed by atoms with Gasteiger partial charge in [0.15, 0.2) is 0 Å². The maximum atomic E-state index is 10.1. The molecule has 0 aliphatic carbocycles. The Hall–Kier alpha value is 0.500. The Balaban J connectivity index is -0.000000213. The smallest absolute Gasteiger partial charge is 0.547 e. The van der Waals surface area contributed by atoms with Crippen LogP contribution in [0, 0.1) is 0 Å². The normalized spacial score (nSPS) is 19.6. The fraction of sp³-hybridized carbons (Fsp3) is 0.846. The number of carboxylic acids is 2. The quantitative estimate of drug-likeness (QED) is 0.126. The van der Waals surface area contributed by atoms with Gasteiger partial charge in [0, 0.05) is 0 Å². The molecule has 0 spiro atoms. The van der Waals surface area contributed by atoms with Gasteiger partial charge < -0.3 is 76.0 Å². The monoisotopic (exact) mass is 466 g/mol. The predicted molar refractivity (Wildman–Crippen MR) is 78.2 cm³/mol. The van der Waals surface area contributed by atoms with Gasteiger partial charge in [-0.2, -0.15) is 0 Å². The predicted octanol–water partition coefficient (Wildman–Crippen LogP) is -16.3. The van der Waals surface area contributed by atoms with E-state index in [2.05, 4.69) is 0 Å². The van der Waals surface area contributed by atoms with Crippen LogP contribution in [-0.2, 0) is 9.59 Å². The van der Waals surface area contributed by atoms with Gasteiger partial charge in [0.2, 0.25) is 0 Å². The summed E-state index contributed by atoms with van der Waals surface area (Å²) in [6, 6.07) is 0. The van der Waals surface area contributed by atoms with Crippen LogP contribution in [0.5, 0.6) is 0 Å². The van der Waals surface area contributed by atoms with Gasteiger partial charge in [0.05, 0.1) is 25.2 Å². The van der Waals surface area contributed by atoms with Gasteiger partial charge in [0.25, 0.3) is 0 Å². The first-order valence-corrected chi connectivity index (χ1v) is 7.50. The molecule has 0 aromatic carbocycles. The Morgan fingerprint density at radius 2 is 0.767 bits per heavy atom. The summed E-state index contributed by atoms with van der Waals surface area (Å²) in [5.41, 5.74) is 0. The number of carbonyl (C=O) groups excluding carboxylic acids is 2. The van der Waals surface area contributed by atoms with Crippen molar-refractivity contribution in [2.24, 2.45) is 0 Å². The van der Waals surface area contributed by atoms with E-state index in [1.54, 1.807) is 0 Å². The van der Waals surface area contributed by atoms with Crippen molar-refractivity contribution in [3.8, 4) is 0 Å². The van der Waals surface area contributed by atoms with Gasteiger partial charge >= 0.3 is 59.1 Å². The van der Waals surface area contributed by atoms with E-state index in [0.29, 0.717) is 0 Å². The van der Waals surface area contributed by atoms with Crippen molar-refractivity contribution >= 4 is 11.9 Å². The molecule has 30 heavy (non-hydrogen) atoms. The molecular weight excluding hydrogens is 442 g/mol. The Morgan fingerprint density at radius 3 is 1.00 bits per heavy atom. The van der Waals surface area contributed by atoms with Crippen molar-refractivity contribution in [1.29, 1.82) is 0 Å². The van der Waals surface area contributed by atoms with E-state index in [-0.39, 0.29) is 59.1 Å². The first-order valence-electron chi connectivity index (χ1n) is 7.50. The van der Waals surface area contributed by atoms with E-state index in [9.17, 15) is 19.8 Å². The average Bonchev–Trinajstić information content (AvgIpc) is 2.68. The third-order valence-electron chi connectivity index (χ3n) is 3.34. The molecule has 0 heterocycles. The number of carbonyl (C=O) groups is 2. The Labute approximate surface area is 214 Å². The minimum absolute atomic E-state index is 0. The molecule has 0 aliphatic heterocycles. The maximum absolute atomic E-state index is 10.1. The van der Waals surface area contributed by atoms with E-state index < -0.39 is 80.1 Å². The maximum Gasteiger partial charge on any atom is 1.00 e. The molecule has 0 saturated heterocycles. The Morgan fingerprint density at radius 1 is 0.533 bits per heavy atom. The van der Waals surface area contributed by atoms with Crippen LogP contribution in [-0.4, -0.2) is 136 Å². The van der Waals surface area contributed by atoms with Crippen LogP contribution in [0.4, 0.5) is 0 Å². The molecule has 15 nitrogen and oxygen atoms in total. The van der Waals surface area contributed by atoms with Crippen molar-refractivity contribution in [3.63, 3.8) is 0 Å². The molecule has 11 N–H and O–H groups in total. The molecular formula is C13H24Na2O15. The van der Waals surface area contributed by atoms with Crippen molar-refractivity contribution in [2.45, 2.75) is 54.9 Å². The molecule has 17 heteroatoms. The number of hydrogen-bond donors (Lipinski definition) is 11. The summed E-state index contributed by atoms with van der Waals surface area (Å²) in [6.07, 6.45) is -18.6. The van der Waals surface area contributed by atoms with E-state index in [4.69, 9.17) is 56.2 Å². The number of aliphatic hydroxyl groups excluding tert-OH is 11. The van der Waals surface area contributed by atoms with Crippen LogP contribution in [0.1, 0.15) is 0 Å². The van der Waals surface area contributed by atoms with Gasteiger partial charge in [-0.1, -0.05) is 0 Å². The van der Waals surface area contributed by atoms with Crippen LogP contribution < -0.4 is 69.3 Å². The fourth-order valence-corrected chi connectivity index (χ4v) is 1.53. The van der Waals surface area contributed by atoms with E-state index in [0.717, 1.165) is 0 Å². The van der Waals surface area contributed by atoms with Crippen molar-refractivity contribution in [2.75, 3.05) is 13.2 Å². The van der Waals surface area contributed by atoms with Gasteiger partial charge in [-0.05, 0) is 0 Å². The summed E-state index contributed by atoms with van der Waals surface area (Å²) in [7, 11) is 0. The molecule has 0 unspecified atom stereocenters. The zero-order valence-corrected chi connectivity index (χ0v) is 20.2. The summed E-state index contributed by atoms with van der Waals surface area (Å²) in [6.45, 7) is -1.76. The molecule has 0 amide bonds. The Bertz CT molecular complexity index is 470. The number of hydrogen-bond acceptors (Lipinski definition) is 15. The third-order valence-corrected chi connectivity index (χ3v) is 3.34. The summed E-state index contributed by atoms with van der Waals surface area (Å²) >= 11 is 0. The van der Waals surface area contributed by atoms with E-state index in [1.807, 2.05) is 0 Å². The molecule has 0 radical (unpaired) electrons. The zero-order valence-electron chi connectivity index (χ0n) is 16.2. The topological polar surface area (TPSA) is 303 Å². The molecule has 0 fully saturated rings. The molecule has 0 rings (SSSR count). The first kappa shape index (κ1) is 37.8. The molecule has 0 bridgehead atoms. The van der Waals surface area contributed by atoms with E-state index >= 15 is 0 Å². The number of aliphatic hydroxyl groups is 11. The largest absolute Gasteiger partial charge is 1.00 e. The second-order valence-electron chi connectivity index (χ2n) is 5.48. The number of rotatable bonds is 11. The Kier molecular flexibility index (Phi) is 24.0. The molecule has 9 atom stereocenters. The van der Waals surface area contributed by atoms with Crippen LogP contribution in [0.15, 0.2) is 0 Å². The molecule has 0 aromatic heterocycles. The number of aliphatic carboxylic acids is 2. The summed E-state index contributed by atoms with van der Waals surface area (Å²) in [4.78, 5) is 20.1. The molecule has 0 aliphatic rings. The van der Waals surface area contributed by atoms with Gasteiger partial charge in [-0.15, -0.1) is 0 Å². The standard InChI is InChI=1S/C7H14O8.C6H12O7.2Na/c8-1-2(9)3(10)4(11)5(12)6(13)7(14)15;7-1-2(8)3(9)4(10)5(11)6(12)13;;/h2-6,8-13H,1H2,(H,14,15);2-5,7-11H,1H2,(H,12,13);;/q;;2*+1/p-2/t2-,3+,4-,5-,6-;2-,3-,4+,5-;;/m11../s1. The second kappa shape index (κ2) is 19.0. The van der Waals surface area contributed by atoms with Gasteiger partial charge in [0.1, 0.15) is 54.9 Å². The first-order chi connectivity index (χ1) is 12.7. The van der Waals surface area contributed by atoms with Crippen molar-refractivity contribution in [3.05, 3.63) is 0 Å². The summed E-state index contributed by atoms with van der Waals surface area (Å²) < 4.78 is 0. The van der Waals surface area contributed by atoms with Crippen LogP contribution >= 0.6 is 0 Å². The second-order valence-corrected chi connectivity index (χ2v) is 5.48. The van der Waals surface area contributed by atoms with Gasteiger partial charge in [-0.3, -0.25) is 0 Å². The fourth-order valence-electron chi connectivity index (χ4n) is 1.53. The average molecular weight is 466 g/mol. The minimum atomic E-state index is -2.40.